The summed E-state index contributed by atoms with van der Waals surface area (Å²) in [5.41, 5.74) is 2.16. The molecule has 0 saturated heterocycles. The van der Waals surface area contributed by atoms with Crippen molar-refractivity contribution in [3.05, 3.63) is 59.7 Å². The Labute approximate surface area is 149 Å². The molecule has 1 atom stereocenters. The summed E-state index contributed by atoms with van der Waals surface area (Å²) in [6.45, 7) is 2.96. The standard InChI is InChI=1S/C20H26N2O3/c1-15(17-8-6-5-7-9-17)21-20(23)14-22(2)13-16-10-11-18(24-3)19(12-16)25-4/h5-12,15H,13-14H2,1-4H3,(H,21,23)/t15-/m1/s1. The van der Waals surface area contributed by atoms with E-state index in [-0.39, 0.29) is 11.9 Å². The maximum Gasteiger partial charge on any atom is 0.234 e. The number of hydrogen-bond acceptors (Lipinski definition) is 4. The molecule has 134 valence electrons. The highest BCUT2D eigenvalue weighted by Crippen LogP contribution is 2.27. The van der Waals surface area contributed by atoms with Crippen molar-refractivity contribution in [2.45, 2.75) is 19.5 Å². The Hall–Kier alpha value is -2.53. The lowest BCUT2D eigenvalue weighted by Crippen LogP contribution is -2.36. The number of rotatable bonds is 8. The van der Waals surface area contributed by atoms with E-state index in [1.807, 2.05) is 67.4 Å². The Morgan fingerprint density at radius 1 is 1.08 bits per heavy atom. The van der Waals surface area contributed by atoms with E-state index in [9.17, 15) is 4.79 Å². The van der Waals surface area contributed by atoms with E-state index in [2.05, 4.69) is 5.32 Å². The second-order valence-corrected chi connectivity index (χ2v) is 6.06. The van der Waals surface area contributed by atoms with Gasteiger partial charge in [0.1, 0.15) is 0 Å². The van der Waals surface area contributed by atoms with E-state index in [1.165, 1.54) is 0 Å². The number of carbonyl (C=O) groups excluding carboxylic acids is 1. The molecule has 2 aromatic carbocycles. The average molecular weight is 342 g/mol. The van der Waals surface area contributed by atoms with Gasteiger partial charge in [0.15, 0.2) is 11.5 Å². The zero-order chi connectivity index (χ0) is 18.2. The number of ether oxygens (including phenoxy) is 2. The van der Waals surface area contributed by atoms with Gasteiger partial charge in [-0.1, -0.05) is 36.4 Å². The van der Waals surface area contributed by atoms with Crippen LogP contribution in [0.1, 0.15) is 24.1 Å². The lowest BCUT2D eigenvalue weighted by atomic mass is 10.1. The maximum atomic E-state index is 12.3. The van der Waals surface area contributed by atoms with Crippen LogP contribution in [0.2, 0.25) is 0 Å². The minimum Gasteiger partial charge on any atom is -0.493 e. The third-order valence-electron chi connectivity index (χ3n) is 3.99. The van der Waals surface area contributed by atoms with Gasteiger partial charge in [-0.3, -0.25) is 9.69 Å². The number of nitrogens with zero attached hydrogens (tertiary/aromatic N) is 1. The first-order chi connectivity index (χ1) is 12.0. The second kappa shape index (κ2) is 9.08. The van der Waals surface area contributed by atoms with E-state index in [1.54, 1.807) is 14.2 Å². The first-order valence-electron chi connectivity index (χ1n) is 8.27. The van der Waals surface area contributed by atoms with Crippen LogP contribution >= 0.6 is 0 Å². The zero-order valence-corrected chi connectivity index (χ0v) is 15.3. The molecule has 0 aromatic heterocycles. The molecule has 1 N–H and O–H groups in total. The lowest BCUT2D eigenvalue weighted by Gasteiger charge is -2.20. The fraction of sp³-hybridized carbons (Fsp3) is 0.350. The fourth-order valence-electron chi connectivity index (χ4n) is 2.70. The Kier molecular flexibility index (Phi) is 6.83. The van der Waals surface area contributed by atoms with Crippen LogP contribution in [0.3, 0.4) is 0 Å². The van der Waals surface area contributed by atoms with Crippen LogP contribution in [0, 0.1) is 0 Å². The summed E-state index contributed by atoms with van der Waals surface area (Å²) in [5, 5.41) is 3.03. The maximum absolute atomic E-state index is 12.3. The normalized spacial score (nSPS) is 11.9. The van der Waals surface area contributed by atoms with Crippen LogP contribution in [0.15, 0.2) is 48.5 Å². The van der Waals surface area contributed by atoms with Crippen LogP contribution < -0.4 is 14.8 Å². The van der Waals surface area contributed by atoms with Crippen molar-refractivity contribution >= 4 is 5.91 Å². The van der Waals surface area contributed by atoms with Gasteiger partial charge in [0.2, 0.25) is 5.91 Å². The minimum absolute atomic E-state index is 0.000621. The van der Waals surface area contributed by atoms with Gasteiger partial charge < -0.3 is 14.8 Å². The number of nitrogens with one attached hydrogen (secondary N) is 1. The Morgan fingerprint density at radius 2 is 1.76 bits per heavy atom. The molecule has 5 heteroatoms. The number of likely N-dealkylation sites (N-methyl/N-ethyl adjacent to an activating group) is 1. The van der Waals surface area contributed by atoms with Crippen molar-refractivity contribution in [3.63, 3.8) is 0 Å². The van der Waals surface area contributed by atoms with E-state index in [0.717, 1.165) is 11.1 Å². The number of methoxy groups -OCH3 is 2. The smallest absolute Gasteiger partial charge is 0.234 e. The molecule has 0 saturated carbocycles. The van der Waals surface area contributed by atoms with E-state index < -0.39 is 0 Å². The number of carbonyl (C=O) groups is 1. The Morgan fingerprint density at radius 3 is 2.40 bits per heavy atom. The number of benzene rings is 2. The molecular formula is C20H26N2O3. The molecule has 2 rings (SSSR count). The molecule has 0 aliphatic carbocycles. The molecular weight excluding hydrogens is 316 g/mol. The fourth-order valence-corrected chi connectivity index (χ4v) is 2.70. The predicted octanol–water partition coefficient (Wildman–Crippen LogP) is 3.01. The van der Waals surface area contributed by atoms with Gasteiger partial charge in [0.25, 0.3) is 0 Å². The molecule has 0 aliphatic rings. The summed E-state index contributed by atoms with van der Waals surface area (Å²) in [6.07, 6.45) is 0. The highest BCUT2D eigenvalue weighted by molar-refractivity contribution is 5.78. The molecule has 0 unspecified atom stereocenters. The van der Waals surface area contributed by atoms with Crippen molar-refractivity contribution in [3.8, 4) is 11.5 Å². The Balaban J connectivity index is 1.89. The topological polar surface area (TPSA) is 50.8 Å². The van der Waals surface area contributed by atoms with Gasteiger partial charge in [-0.25, -0.2) is 0 Å². The summed E-state index contributed by atoms with van der Waals surface area (Å²) in [4.78, 5) is 14.2. The van der Waals surface area contributed by atoms with Gasteiger partial charge in [-0.2, -0.15) is 0 Å². The molecule has 0 bridgehead atoms. The monoisotopic (exact) mass is 342 g/mol. The van der Waals surface area contributed by atoms with Gasteiger partial charge in [-0.15, -0.1) is 0 Å². The molecule has 2 aromatic rings. The third-order valence-corrected chi connectivity index (χ3v) is 3.99. The summed E-state index contributed by atoms with van der Waals surface area (Å²) in [6, 6.07) is 15.7. The van der Waals surface area contributed by atoms with Gasteiger partial charge in [0.05, 0.1) is 26.8 Å². The van der Waals surface area contributed by atoms with Crippen LogP contribution in [-0.4, -0.2) is 38.6 Å². The SMILES string of the molecule is COc1ccc(CN(C)CC(=O)N[C@H](C)c2ccccc2)cc1OC. The second-order valence-electron chi connectivity index (χ2n) is 6.06. The minimum atomic E-state index is -0.0109. The molecule has 1 amide bonds. The summed E-state index contributed by atoms with van der Waals surface area (Å²) in [5.74, 6) is 1.39. The van der Waals surface area contributed by atoms with Gasteiger partial charge in [-0.05, 0) is 37.2 Å². The first-order valence-corrected chi connectivity index (χ1v) is 8.27. The van der Waals surface area contributed by atoms with Crippen molar-refractivity contribution in [1.29, 1.82) is 0 Å². The predicted molar refractivity (Wildman–Crippen MR) is 98.9 cm³/mol. The quantitative estimate of drug-likeness (QED) is 0.801. The highest BCUT2D eigenvalue weighted by Gasteiger charge is 2.12. The number of amides is 1. The van der Waals surface area contributed by atoms with E-state index in [4.69, 9.17) is 9.47 Å². The van der Waals surface area contributed by atoms with Crippen LogP contribution in [0.5, 0.6) is 11.5 Å². The summed E-state index contributed by atoms with van der Waals surface area (Å²) >= 11 is 0. The highest BCUT2D eigenvalue weighted by atomic mass is 16.5. The molecule has 25 heavy (non-hydrogen) atoms. The van der Waals surface area contributed by atoms with Crippen molar-refractivity contribution in [2.75, 3.05) is 27.8 Å². The molecule has 0 heterocycles. The van der Waals surface area contributed by atoms with Crippen LogP contribution in [0.4, 0.5) is 0 Å². The lowest BCUT2D eigenvalue weighted by molar-refractivity contribution is -0.122. The largest absolute Gasteiger partial charge is 0.493 e. The molecule has 5 nitrogen and oxygen atoms in total. The molecule has 0 aliphatic heterocycles. The van der Waals surface area contributed by atoms with Crippen molar-refractivity contribution in [1.82, 2.24) is 10.2 Å². The summed E-state index contributed by atoms with van der Waals surface area (Å²) in [7, 11) is 5.15. The molecule has 0 spiro atoms. The molecule has 0 fully saturated rings. The first kappa shape index (κ1) is 18.8. The van der Waals surface area contributed by atoms with E-state index in [0.29, 0.717) is 24.6 Å². The average Bonchev–Trinajstić information content (AvgIpc) is 2.62. The third kappa shape index (κ3) is 5.50. The zero-order valence-electron chi connectivity index (χ0n) is 15.3. The van der Waals surface area contributed by atoms with Crippen molar-refractivity contribution < 1.29 is 14.3 Å². The summed E-state index contributed by atoms with van der Waals surface area (Å²) < 4.78 is 10.6. The molecule has 0 radical (unpaired) electrons. The Bertz CT molecular complexity index is 689. The van der Waals surface area contributed by atoms with Crippen molar-refractivity contribution in [2.24, 2.45) is 0 Å². The number of hydrogen-bond donors (Lipinski definition) is 1. The van der Waals surface area contributed by atoms with Gasteiger partial charge >= 0.3 is 0 Å². The van der Waals surface area contributed by atoms with E-state index >= 15 is 0 Å². The van der Waals surface area contributed by atoms with Crippen LogP contribution in [-0.2, 0) is 11.3 Å². The van der Waals surface area contributed by atoms with Crippen LogP contribution in [0.25, 0.3) is 0 Å². The van der Waals surface area contributed by atoms with Gasteiger partial charge in [0, 0.05) is 6.54 Å².